The van der Waals surface area contributed by atoms with E-state index in [2.05, 4.69) is 46.9 Å². The average Bonchev–Trinajstić information content (AvgIpc) is 3.22. The monoisotopic (exact) mass is 246 g/mol. The van der Waals surface area contributed by atoms with E-state index in [9.17, 15) is 0 Å². The number of benzene rings is 1. The molecule has 1 aromatic rings. The highest BCUT2D eigenvalue weighted by Crippen LogP contribution is 2.19. The molecule has 1 aliphatic rings. The molecule has 0 heterocycles. The molecular formula is C14H22N4. The Kier molecular flexibility index (Phi) is 4.59. The molecule has 1 saturated carbocycles. The van der Waals surface area contributed by atoms with E-state index in [1.807, 2.05) is 6.07 Å². The third kappa shape index (κ3) is 4.04. The van der Waals surface area contributed by atoms with Crippen molar-refractivity contribution in [3.8, 4) is 0 Å². The molecule has 4 N–H and O–H groups in total. The van der Waals surface area contributed by atoms with Gasteiger partial charge in [0.05, 0.1) is 0 Å². The summed E-state index contributed by atoms with van der Waals surface area (Å²) in [6, 6.07) is 11.1. The number of hydrazine groups is 1. The molecule has 4 nitrogen and oxygen atoms in total. The Bertz CT molecular complexity index is 384. The standard InChI is InChI=1S/C14H22N4/c1-11(12-5-3-2-4-6-12)9-10-16-14(18-15)17-13-7-8-13/h2-6,11,13H,7-10,15H2,1H3,(H2,16,17,18). The fourth-order valence-corrected chi connectivity index (χ4v) is 1.87. The Morgan fingerprint density at radius 1 is 1.39 bits per heavy atom. The Morgan fingerprint density at radius 3 is 2.72 bits per heavy atom. The van der Waals surface area contributed by atoms with Crippen LogP contribution in [0.25, 0.3) is 0 Å². The normalized spacial score (nSPS) is 17.3. The van der Waals surface area contributed by atoms with E-state index >= 15 is 0 Å². The van der Waals surface area contributed by atoms with Crippen LogP contribution in [0.5, 0.6) is 0 Å². The number of hydrogen-bond donors (Lipinski definition) is 3. The quantitative estimate of drug-likeness (QED) is 0.321. The molecule has 0 aromatic heterocycles. The lowest BCUT2D eigenvalue weighted by atomic mass is 9.98. The lowest BCUT2D eigenvalue weighted by Crippen LogP contribution is -2.42. The van der Waals surface area contributed by atoms with Gasteiger partial charge in [0, 0.05) is 12.6 Å². The van der Waals surface area contributed by atoms with Crippen LogP contribution in [0, 0.1) is 0 Å². The molecule has 18 heavy (non-hydrogen) atoms. The van der Waals surface area contributed by atoms with Crippen molar-refractivity contribution in [1.29, 1.82) is 0 Å². The Labute approximate surface area is 109 Å². The first kappa shape index (κ1) is 12.9. The van der Waals surface area contributed by atoms with Crippen LogP contribution in [0.4, 0.5) is 0 Å². The van der Waals surface area contributed by atoms with E-state index in [1.54, 1.807) is 0 Å². The van der Waals surface area contributed by atoms with E-state index in [4.69, 9.17) is 5.84 Å². The summed E-state index contributed by atoms with van der Waals surface area (Å²) in [5, 5.41) is 3.27. The van der Waals surface area contributed by atoms with Crippen molar-refractivity contribution in [1.82, 2.24) is 10.7 Å². The molecule has 0 saturated heterocycles. The van der Waals surface area contributed by atoms with Crippen LogP contribution in [0.15, 0.2) is 35.3 Å². The van der Waals surface area contributed by atoms with Gasteiger partial charge in [-0.05, 0) is 30.7 Å². The van der Waals surface area contributed by atoms with Gasteiger partial charge in [-0.1, -0.05) is 37.3 Å². The minimum atomic E-state index is 0.523. The van der Waals surface area contributed by atoms with Crippen LogP contribution in [-0.2, 0) is 0 Å². The zero-order valence-corrected chi connectivity index (χ0v) is 10.9. The molecule has 1 aliphatic carbocycles. The molecule has 0 amide bonds. The van der Waals surface area contributed by atoms with Gasteiger partial charge in [-0.25, -0.2) is 5.84 Å². The van der Waals surface area contributed by atoms with E-state index in [0.29, 0.717) is 12.0 Å². The van der Waals surface area contributed by atoms with E-state index in [0.717, 1.165) is 18.9 Å². The third-order valence-electron chi connectivity index (χ3n) is 3.26. The minimum absolute atomic E-state index is 0.523. The smallest absolute Gasteiger partial charge is 0.205 e. The number of nitrogens with one attached hydrogen (secondary N) is 2. The number of aliphatic imine (C=N–C) groups is 1. The predicted molar refractivity (Wildman–Crippen MR) is 75.3 cm³/mol. The number of guanidine groups is 1. The molecule has 0 spiro atoms. The molecule has 0 radical (unpaired) electrons. The number of nitrogens with zero attached hydrogens (tertiary/aromatic N) is 1. The topological polar surface area (TPSA) is 62.4 Å². The van der Waals surface area contributed by atoms with Gasteiger partial charge in [0.25, 0.3) is 0 Å². The van der Waals surface area contributed by atoms with E-state index < -0.39 is 0 Å². The number of nitrogens with two attached hydrogens (primary N) is 1. The maximum Gasteiger partial charge on any atom is 0.205 e. The second-order valence-corrected chi connectivity index (χ2v) is 4.89. The molecule has 98 valence electrons. The lowest BCUT2D eigenvalue weighted by molar-refractivity contribution is 0.684. The predicted octanol–water partition coefficient (Wildman–Crippen LogP) is 1.75. The van der Waals surface area contributed by atoms with Crippen LogP contribution in [0.2, 0.25) is 0 Å². The molecule has 1 unspecified atom stereocenters. The van der Waals surface area contributed by atoms with Gasteiger partial charge in [0.2, 0.25) is 5.96 Å². The van der Waals surface area contributed by atoms with Gasteiger partial charge >= 0.3 is 0 Å². The highest BCUT2D eigenvalue weighted by molar-refractivity contribution is 5.79. The van der Waals surface area contributed by atoms with Crippen molar-refractivity contribution in [2.45, 2.75) is 38.1 Å². The highest BCUT2D eigenvalue weighted by Gasteiger charge is 2.21. The van der Waals surface area contributed by atoms with Crippen molar-refractivity contribution >= 4 is 5.96 Å². The van der Waals surface area contributed by atoms with Crippen molar-refractivity contribution < 1.29 is 0 Å². The summed E-state index contributed by atoms with van der Waals surface area (Å²) in [5.74, 6) is 6.68. The molecule has 2 rings (SSSR count). The maximum atomic E-state index is 5.43. The Morgan fingerprint density at radius 2 is 2.11 bits per heavy atom. The van der Waals surface area contributed by atoms with Gasteiger partial charge in [-0.2, -0.15) is 0 Å². The van der Waals surface area contributed by atoms with Crippen molar-refractivity contribution in [3.63, 3.8) is 0 Å². The Hall–Kier alpha value is -1.55. The van der Waals surface area contributed by atoms with Crippen molar-refractivity contribution in [3.05, 3.63) is 35.9 Å². The van der Waals surface area contributed by atoms with Gasteiger partial charge in [0.1, 0.15) is 0 Å². The lowest BCUT2D eigenvalue weighted by Gasteiger charge is -2.11. The van der Waals surface area contributed by atoms with E-state index in [1.165, 1.54) is 18.4 Å². The molecule has 1 fully saturated rings. The summed E-state index contributed by atoms with van der Waals surface area (Å²) in [5.41, 5.74) is 3.99. The molecule has 1 atom stereocenters. The first-order valence-electron chi connectivity index (χ1n) is 6.62. The number of rotatable bonds is 5. The van der Waals surface area contributed by atoms with Crippen LogP contribution in [-0.4, -0.2) is 18.5 Å². The number of hydrogen-bond acceptors (Lipinski definition) is 2. The van der Waals surface area contributed by atoms with Crippen LogP contribution in [0.3, 0.4) is 0 Å². The summed E-state index contributed by atoms with van der Waals surface area (Å²) in [6.07, 6.45) is 3.48. The van der Waals surface area contributed by atoms with Crippen LogP contribution in [0.1, 0.15) is 37.7 Å². The molecular weight excluding hydrogens is 224 g/mol. The Balaban J connectivity index is 1.77. The zero-order valence-electron chi connectivity index (χ0n) is 10.9. The molecule has 4 heteroatoms. The van der Waals surface area contributed by atoms with Gasteiger partial charge < -0.3 is 5.32 Å². The SMILES string of the molecule is CC(CCN=C(NN)NC1CC1)c1ccccc1. The van der Waals surface area contributed by atoms with Crippen LogP contribution >= 0.6 is 0 Å². The molecule has 1 aromatic carbocycles. The summed E-state index contributed by atoms with van der Waals surface area (Å²) >= 11 is 0. The van der Waals surface area contributed by atoms with Gasteiger partial charge in [-0.3, -0.25) is 10.4 Å². The summed E-state index contributed by atoms with van der Waals surface area (Å²) in [7, 11) is 0. The molecule has 0 aliphatic heterocycles. The maximum absolute atomic E-state index is 5.43. The minimum Gasteiger partial charge on any atom is -0.353 e. The first-order valence-corrected chi connectivity index (χ1v) is 6.62. The third-order valence-corrected chi connectivity index (χ3v) is 3.26. The molecule has 0 bridgehead atoms. The van der Waals surface area contributed by atoms with Crippen molar-refractivity contribution in [2.24, 2.45) is 10.8 Å². The largest absolute Gasteiger partial charge is 0.353 e. The van der Waals surface area contributed by atoms with Crippen LogP contribution < -0.4 is 16.6 Å². The second-order valence-electron chi connectivity index (χ2n) is 4.89. The fourth-order valence-electron chi connectivity index (χ4n) is 1.87. The first-order chi connectivity index (χ1) is 8.79. The van der Waals surface area contributed by atoms with Gasteiger partial charge in [-0.15, -0.1) is 0 Å². The summed E-state index contributed by atoms with van der Waals surface area (Å²) in [4.78, 5) is 4.46. The average molecular weight is 246 g/mol. The van der Waals surface area contributed by atoms with E-state index in [-0.39, 0.29) is 0 Å². The van der Waals surface area contributed by atoms with Crippen molar-refractivity contribution in [2.75, 3.05) is 6.54 Å². The fraction of sp³-hybridized carbons (Fsp3) is 0.500. The summed E-state index contributed by atoms with van der Waals surface area (Å²) in [6.45, 7) is 3.02. The summed E-state index contributed by atoms with van der Waals surface area (Å²) < 4.78 is 0. The highest BCUT2D eigenvalue weighted by atomic mass is 15.3. The second kappa shape index (κ2) is 6.40. The van der Waals surface area contributed by atoms with Gasteiger partial charge in [0.15, 0.2) is 0 Å². The zero-order chi connectivity index (χ0) is 12.8.